The van der Waals surface area contributed by atoms with Crippen LogP contribution in [0.3, 0.4) is 0 Å². The first-order valence-electron chi connectivity index (χ1n) is 6.30. The molecule has 1 fully saturated rings. The molecule has 1 aliphatic carbocycles. The van der Waals surface area contributed by atoms with E-state index in [1.165, 1.54) is 13.3 Å². The highest BCUT2D eigenvalue weighted by atomic mass is 16.6. The summed E-state index contributed by atoms with van der Waals surface area (Å²) in [6.45, 7) is 7.99. The van der Waals surface area contributed by atoms with E-state index in [9.17, 15) is 4.79 Å². The van der Waals surface area contributed by atoms with Gasteiger partial charge in [0.1, 0.15) is 12.2 Å². The fraction of sp³-hybridized carbons (Fsp3) is 0.923. The van der Waals surface area contributed by atoms with Crippen molar-refractivity contribution < 1.29 is 14.6 Å². The van der Waals surface area contributed by atoms with E-state index in [2.05, 4.69) is 20.8 Å². The average molecular weight is 228 g/mol. The highest BCUT2D eigenvalue weighted by Gasteiger charge is 2.33. The maximum atomic E-state index is 11.4. The van der Waals surface area contributed by atoms with Gasteiger partial charge in [0.25, 0.3) is 0 Å². The number of hydrogen-bond donors (Lipinski definition) is 1. The number of ether oxygens (including phenoxy) is 1. The lowest BCUT2D eigenvalue weighted by molar-refractivity contribution is -0.164. The molecule has 0 aromatic carbocycles. The minimum atomic E-state index is -1.01. The van der Waals surface area contributed by atoms with Crippen molar-refractivity contribution in [1.82, 2.24) is 0 Å². The highest BCUT2D eigenvalue weighted by molar-refractivity contribution is 5.74. The second-order valence-corrected chi connectivity index (χ2v) is 5.48. The van der Waals surface area contributed by atoms with Crippen LogP contribution in [0.1, 0.15) is 47.0 Å². The number of aliphatic hydroxyl groups excluding tert-OH is 1. The quantitative estimate of drug-likeness (QED) is 0.754. The van der Waals surface area contributed by atoms with Gasteiger partial charge in [0.05, 0.1) is 0 Å². The van der Waals surface area contributed by atoms with E-state index in [-0.39, 0.29) is 6.10 Å². The molecule has 94 valence electrons. The van der Waals surface area contributed by atoms with Gasteiger partial charge in [-0.25, -0.2) is 4.79 Å². The van der Waals surface area contributed by atoms with Gasteiger partial charge in [0.2, 0.25) is 0 Å². The average Bonchev–Trinajstić information content (AvgIpc) is 2.16. The highest BCUT2D eigenvalue weighted by Crippen LogP contribution is 2.35. The van der Waals surface area contributed by atoms with E-state index in [4.69, 9.17) is 9.84 Å². The maximum absolute atomic E-state index is 11.4. The van der Waals surface area contributed by atoms with Gasteiger partial charge in [0, 0.05) is 0 Å². The second-order valence-electron chi connectivity index (χ2n) is 5.48. The summed E-state index contributed by atoms with van der Waals surface area (Å²) in [5.74, 6) is 1.10. The number of hydrogen-bond acceptors (Lipinski definition) is 3. The summed E-state index contributed by atoms with van der Waals surface area (Å²) in [5.41, 5.74) is 0. The van der Waals surface area contributed by atoms with Crippen molar-refractivity contribution in [2.75, 3.05) is 0 Å². The number of carbonyl (C=O) groups excluding carboxylic acids is 1. The molecular weight excluding hydrogens is 204 g/mol. The summed E-state index contributed by atoms with van der Waals surface area (Å²) in [6, 6.07) is 0. The fourth-order valence-corrected chi connectivity index (χ4v) is 2.50. The molecule has 0 bridgehead atoms. The fourth-order valence-electron chi connectivity index (χ4n) is 2.50. The summed E-state index contributed by atoms with van der Waals surface area (Å²) in [6.07, 6.45) is 2.25. The van der Waals surface area contributed by atoms with E-state index in [0.29, 0.717) is 17.8 Å². The third-order valence-corrected chi connectivity index (χ3v) is 3.57. The lowest BCUT2D eigenvalue weighted by Gasteiger charge is -2.36. The molecule has 3 heteroatoms. The van der Waals surface area contributed by atoms with Crippen molar-refractivity contribution in [2.45, 2.75) is 59.2 Å². The summed E-state index contributed by atoms with van der Waals surface area (Å²) >= 11 is 0. The van der Waals surface area contributed by atoms with Gasteiger partial charge in [-0.2, -0.15) is 0 Å². The van der Waals surface area contributed by atoms with Crippen LogP contribution in [0.2, 0.25) is 0 Å². The van der Waals surface area contributed by atoms with Crippen molar-refractivity contribution in [3.63, 3.8) is 0 Å². The zero-order chi connectivity index (χ0) is 12.3. The number of carbonyl (C=O) groups is 1. The van der Waals surface area contributed by atoms with E-state index < -0.39 is 12.1 Å². The second kappa shape index (κ2) is 5.67. The zero-order valence-electron chi connectivity index (χ0n) is 10.8. The van der Waals surface area contributed by atoms with Crippen molar-refractivity contribution in [3.05, 3.63) is 0 Å². The molecule has 1 aliphatic rings. The molecule has 0 aromatic heterocycles. The summed E-state index contributed by atoms with van der Waals surface area (Å²) in [7, 11) is 0. The Bertz CT molecular complexity index is 235. The van der Waals surface area contributed by atoms with Gasteiger partial charge in [-0.1, -0.05) is 27.2 Å². The van der Waals surface area contributed by atoms with Crippen LogP contribution in [-0.2, 0) is 9.53 Å². The van der Waals surface area contributed by atoms with Crippen LogP contribution in [0.25, 0.3) is 0 Å². The topological polar surface area (TPSA) is 46.5 Å². The predicted octanol–water partition coefficient (Wildman–Crippen LogP) is 2.37. The molecule has 4 atom stereocenters. The van der Waals surface area contributed by atoms with Crippen LogP contribution >= 0.6 is 0 Å². The summed E-state index contributed by atoms with van der Waals surface area (Å²) < 4.78 is 5.41. The largest absolute Gasteiger partial charge is 0.460 e. The first kappa shape index (κ1) is 13.5. The molecule has 1 N–H and O–H groups in total. The molecule has 0 aliphatic heterocycles. The Morgan fingerprint density at radius 3 is 2.44 bits per heavy atom. The monoisotopic (exact) mass is 228 g/mol. The Hall–Kier alpha value is -0.570. The Balaban J connectivity index is 2.61. The molecular formula is C13H24O3. The number of rotatable bonds is 3. The lowest BCUT2D eigenvalue weighted by Crippen LogP contribution is -2.37. The molecule has 1 rings (SSSR count). The normalized spacial score (nSPS) is 32.5. The molecule has 3 unspecified atom stereocenters. The Labute approximate surface area is 98.2 Å². The lowest BCUT2D eigenvalue weighted by atomic mass is 9.75. The molecule has 0 heterocycles. The SMILES string of the molecule is CC1CCC(C(C)C)C(OC(=O)[C@H](C)O)C1. The standard InChI is InChI=1S/C13H24O3/c1-8(2)11-6-5-9(3)7-12(11)16-13(15)10(4)14/h8-12,14H,5-7H2,1-4H3/t9?,10-,11?,12?/m0/s1. The van der Waals surface area contributed by atoms with Gasteiger partial charge in [-0.3, -0.25) is 0 Å². The first-order chi connectivity index (χ1) is 7.41. The van der Waals surface area contributed by atoms with E-state index in [1.807, 2.05) is 0 Å². The Morgan fingerprint density at radius 1 is 1.31 bits per heavy atom. The van der Waals surface area contributed by atoms with Gasteiger partial charge in [-0.15, -0.1) is 0 Å². The first-order valence-corrected chi connectivity index (χ1v) is 6.30. The van der Waals surface area contributed by atoms with Crippen molar-refractivity contribution in [1.29, 1.82) is 0 Å². The molecule has 0 amide bonds. The zero-order valence-corrected chi connectivity index (χ0v) is 10.8. The number of aliphatic hydroxyl groups is 1. The Morgan fingerprint density at radius 2 is 1.94 bits per heavy atom. The van der Waals surface area contributed by atoms with E-state index in [1.54, 1.807) is 0 Å². The van der Waals surface area contributed by atoms with Crippen LogP contribution in [0.5, 0.6) is 0 Å². The smallest absolute Gasteiger partial charge is 0.334 e. The number of esters is 1. The van der Waals surface area contributed by atoms with Crippen LogP contribution in [0.15, 0.2) is 0 Å². The van der Waals surface area contributed by atoms with Gasteiger partial charge in [-0.05, 0) is 37.5 Å². The minimum Gasteiger partial charge on any atom is -0.460 e. The van der Waals surface area contributed by atoms with Crippen molar-refractivity contribution in [3.8, 4) is 0 Å². The van der Waals surface area contributed by atoms with Crippen molar-refractivity contribution >= 4 is 5.97 Å². The molecule has 3 nitrogen and oxygen atoms in total. The van der Waals surface area contributed by atoms with Crippen LogP contribution in [0, 0.1) is 17.8 Å². The molecule has 0 saturated heterocycles. The van der Waals surface area contributed by atoms with E-state index >= 15 is 0 Å². The molecule has 0 spiro atoms. The van der Waals surface area contributed by atoms with E-state index in [0.717, 1.165) is 12.8 Å². The maximum Gasteiger partial charge on any atom is 0.334 e. The van der Waals surface area contributed by atoms with Crippen molar-refractivity contribution in [2.24, 2.45) is 17.8 Å². The van der Waals surface area contributed by atoms with Gasteiger partial charge < -0.3 is 9.84 Å². The summed E-state index contributed by atoms with van der Waals surface area (Å²) in [5, 5.41) is 9.17. The van der Waals surface area contributed by atoms with Crippen LogP contribution in [0.4, 0.5) is 0 Å². The summed E-state index contributed by atoms with van der Waals surface area (Å²) in [4.78, 5) is 11.4. The molecule has 1 saturated carbocycles. The third kappa shape index (κ3) is 3.48. The predicted molar refractivity (Wildman–Crippen MR) is 62.9 cm³/mol. The van der Waals surface area contributed by atoms with Crippen LogP contribution < -0.4 is 0 Å². The molecule has 0 radical (unpaired) electrons. The third-order valence-electron chi connectivity index (χ3n) is 3.57. The Kier molecular flexibility index (Phi) is 4.78. The van der Waals surface area contributed by atoms with Gasteiger partial charge >= 0.3 is 5.97 Å². The van der Waals surface area contributed by atoms with Gasteiger partial charge in [0.15, 0.2) is 0 Å². The van der Waals surface area contributed by atoms with Crippen LogP contribution in [-0.4, -0.2) is 23.3 Å². The molecule has 0 aromatic rings. The molecule has 16 heavy (non-hydrogen) atoms. The minimum absolute atomic E-state index is 0.00847.